The molecule has 6 nitrogen and oxygen atoms in total. The average Bonchev–Trinajstić information content (AvgIpc) is 2.63. The summed E-state index contributed by atoms with van der Waals surface area (Å²) in [5.41, 5.74) is 6.96. The van der Waals surface area contributed by atoms with E-state index in [4.69, 9.17) is 10.5 Å². The van der Waals surface area contributed by atoms with E-state index in [2.05, 4.69) is 4.90 Å². The van der Waals surface area contributed by atoms with Crippen LogP contribution in [0.4, 0.5) is 0 Å². The number of piperidine rings is 1. The fraction of sp³-hybridized carbons (Fsp3) is 0.556. The van der Waals surface area contributed by atoms with Crippen LogP contribution in [-0.4, -0.2) is 61.0 Å². The van der Waals surface area contributed by atoms with E-state index in [1.807, 2.05) is 17.0 Å². The Kier molecular flexibility index (Phi) is 5.48. The van der Waals surface area contributed by atoms with Gasteiger partial charge in [-0.15, -0.1) is 0 Å². The molecule has 0 atom stereocenters. The largest absolute Gasteiger partial charge is 0.378 e. The van der Waals surface area contributed by atoms with Crippen LogP contribution in [0, 0.1) is 5.92 Å². The molecule has 0 aromatic heterocycles. The molecule has 6 heteroatoms. The maximum absolute atomic E-state index is 12.5. The van der Waals surface area contributed by atoms with Crippen molar-refractivity contribution >= 4 is 11.8 Å². The van der Waals surface area contributed by atoms with Gasteiger partial charge in [-0.3, -0.25) is 14.5 Å². The molecule has 24 heavy (non-hydrogen) atoms. The Labute approximate surface area is 142 Å². The number of nitrogens with zero attached hydrogens (tertiary/aromatic N) is 2. The second kappa shape index (κ2) is 7.77. The Hall–Kier alpha value is -1.92. The SMILES string of the molecule is NC(=O)c1ccc(CN2CCC(C(=O)N3CCOCC3)CC2)cc1. The number of morpholine rings is 1. The first-order valence-corrected chi connectivity index (χ1v) is 8.61. The average molecular weight is 331 g/mol. The molecule has 2 aliphatic rings. The van der Waals surface area contributed by atoms with E-state index < -0.39 is 5.91 Å². The highest BCUT2D eigenvalue weighted by atomic mass is 16.5. The Balaban J connectivity index is 1.48. The van der Waals surface area contributed by atoms with E-state index in [-0.39, 0.29) is 5.92 Å². The summed E-state index contributed by atoms with van der Waals surface area (Å²) in [5, 5.41) is 0. The predicted molar refractivity (Wildman–Crippen MR) is 90.4 cm³/mol. The predicted octanol–water partition coefficient (Wildman–Crippen LogP) is 0.856. The van der Waals surface area contributed by atoms with Crippen molar-refractivity contribution < 1.29 is 14.3 Å². The topological polar surface area (TPSA) is 75.9 Å². The van der Waals surface area contributed by atoms with Gasteiger partial charge in [0, 0.05) is 31.1 Å². The zero-order valence-electron chi connectivity index (χ0n) is 13.9. The zero-order chi connectivity index (χ0) is 16.9. The lowest BCUT2D eigenvalue weighted by Crippen LogP contribution is -2.46. The monoisotopic (exact) mass is 331 g/mol. The highest BCUT2D eigenvalue weighted by Crippen LogP contribution is 2.21. The lowest BCUT2D eigenvalue weighted by molar-refractivity contribution is -0.141. The maximum Gasteiger partial charge on any atom is 0.248 e. The third-order valence-electron chi connectivity index (χ3n) is 4.90. The van der Waals surface area contributed by atoms with Gasteiger partial charge >= 0.3 is 0 Å². The van der Waals surface area contributed by atoms with Gasteiger partial charge in [0.2, 0.25) is 11.8 Å². The third kappa shape index (κ3) is 4.13. The highest BCUT2D eigenvalue weighted by molar-refractivity contribution is 5.92. The van der Waals surface area contributed by atoms with Gasteiger partial charge in [-0.2, -0.15) is 0 Å². The molecule has 2 aliphatic heterocycles. The number of hydrogen-bond acceptors (Lipinski definition) is 4. The summed E-state index contributed by atoms with van der Waals surface area (Å²) in [6.45, 7) is 5.47. The molecular weight excluding hydrogens is 306 g/mol. The van der Waals surface area contributed by atoms with Gasteiger partial charge in [0.1, 0.15) is 0 Å². The van der Waals surface area contributed by atoms with Gasteiger partial charge in [0.15, 0.2) is 0 Å². The molecule has 3 rings (SSSR count). The summed E-state index contributed by atoms with van der Waals surface area (Å²) in [7, 11) is 0. The molecule has 2 amide bonds. The van der Waals surface area contributed by atoms with Crippen LogP contribution >= 0.6 is 0 Å². The van der Waals surface area contributed by atoms with E-state index in [0.29, 0.717) is 24.7 Å². The summed E-state index contributed by atoms with van der Waals surface area (Å²) in [4.78, 5) is 27.9. The maximum atomic E-state index is 12.5. The van der Waals surface area contributed by atoms with Gasteiger partial charge in [-0.25, -0.2) is 0 Å². The standard InChI is InChI=1S/C18H25N3O3/c19-17(22)15-3-1-14(2-4-15)13-20-7-5-16(6-8-20)18(23)21-9-11-24-12-10-21/h1-4,16H,5-13H2,(H2,19,22). The highest BCUT2D eigenvalue weighted by Gasteiger charge is 2.29. The smallest absolute Gasteiger partial charge is 0.248 e. The Morgan fingerprint density at radius 1 is 1.04 bits per heavy atom. The van der Waals surface area contributed by atoms with Crippen molar-refractivity contribution in [1.29, 1.82) is 0 Å². The van der Waals surface area contributed by atoms with Crippen LogP contribution < -0.4 is 5.73 Å². The lowest BCUT2D eigenvalue weighted by atomic mass is 9.94. The Morgan fingerprint density at radius 2 is 1.67 bits per heavy atom. The van der Waals surface area contributed by atoms with Crippen LogP contribution in [0.2, 0.25) is 0 Å². The number of carbonyl (C=O) groups is 2. The first-order valence-electron chi connectivity index (χ1n) is 8.61. The number of nitrogens with two attached hydrogens (primary N) is 1. The third-order valence-corrected chi connectivity index (χ3v) is 4.90. The van der Waals surface area contributed by atoms with Crippen LogP contribution in [0.25, 0.3) is 0 Å². The van der Waals surface area contributed by atoms with Gasteiger partial charge in [-0.05, 0) is 43.6 Å². The number of ether oxygens (including phenoxy) is 1. The van der Waals surface area contributed by atoms with Crippen LogP contribution in [-0.2, 0) is 16.1 Å². The summed E-state index contributed by atoms with van der Waals surface area (Å²) in [6, 6.07) is 7.44. The number of primary amides is 1. The quantitative estimate of drug-likeness (QED) is 0.888. The van der Waals surface area contributed by atoms with E-state index in [0.717, 1.165) is 51.1 Å². The van der Waals surface area contributed by atoms with Crippen molar-refractivity contribution in [3.05, 3.63) is 35.4 Å². The van der Waals surface area contributed by atoms with E-state index in [9.17, 15) is 9.59 Å². The van der Waals surface area contributed by atoms with Gasteiger partial charge in [-0.1, -0.05) is 12.1 Å². The molecule has 2 fully saturated rings. The van der Waals surface area contributed by atoms with Crippen LogP contribution in [0.5, 0.6) is 0 Å². The van der Waals surface area contributed by atoms with Crippen molar-refractivity contribution in [2.75, 3.05) is 39.4 Å². The minimum absolute atomic E-state index is 0.150. The fourth-order valence-corrected chi connectivity index (χ4v) is 3.41. The molecule has 0 saturated carbocycles. The van der Waals surface area contributed by atoms with Gasteiger partial charge < -0.3 is 15.4 Å². The molecule has 1 aromatic carbocycles. The number of amides is 2. The molecule has 2 N–H and O–H groups in total. The minimum Gasteiger partial charge on any atom is -0.378 e. The summed E-state index contributed by atoms with van der Waals surface area (Å²) >= 11 is 0. The van der Waals surface area contributed by atoms with Gasteiger partial charge in [0.25, 0.3) is 0 Å². The van der Waals surface area contributed by atoms with Crippen molar-refractivity contribution in [2.24, 2.45) is 11.7 Å². The Bertz CT molecular complexity index is 574. The number of hydrogen-bond donors (Lipinski definition) is 1. The van der Waals surface area contributed by atoms with Gasteiger partial charge in [0.05, 0.1) is 13.2 Å². The molecule has 2 saturated heterocycles. The fourth-order valence-electron chi connectivity index (χ4n) is 3.41. The number of benzene rings is 1. The van der Waals surface area contributed by atoms with Crippen molar-refractivity contribution in [3.63, 3.8) is 0 Å². The number of likely N-dealkylation sites (tertiary alicyclic amines) is 1. The first kappa shape index (κ1) is 16.9. The molecule has 0 unspecified atom stereocenters. The molecule has 130 valence electrons. The van der Waals surface area contributed by atoms with Crippen molar-refractivity contribution in [2.45, 2.75) is 19.4 Å². The zero-order valence-corrected chi connectivity index (χ0v) is 13.9. The molecular formula is C18H25N3O3. The molecule has 0 bridgehead atoms. The van der Waals surface area contributed by atoms with Crippen LogP contribution in [0.1, 0.15) is 28.8 Å². The lowest BCUT2D eigenvalue weighted by Gasteiger charge is -2.35. The first-order chi connectivity index (χ1) is 11.6. The number of carbonyl (C=O) groups excluding carboxylic acids is 2. The minimum atomic E-state index is -0.399. The van der Waals surface area contributed by atoms with E-state index >= 15 is 0 Å². The molecule has 0 spiro atoms. The summed E-state index contributed by atoms with van der Waals surface area (Å²) in [5.74, 6) is 0.0457. The van der Waals surface area contributed by atoms with Crippen LogP contribution in [0.15, 0.2) is 24.3 Å². The van der Waals surface area contributed by atoms with Crippen molar-refractivity contribution in [3.8, 4) is 0 Å². The van der Waals surface area contributed by atoms with Crippen molar-refractivity contribution in [1.82, 2.24) is 9.80 Å². The second-order valence-electron chi connectivity index (χ2n) is 6.55. The summed E-state index contributed by atoms with van der Waals surface area (Å²) < 4.78 is 5.31. The molecule has 2 heterocycles. The molecule has 0 aliphatic carbocycles. The molecule has 0 radical (unpaired) electrons. The second-order valence-corrected chi connectivity index (χ2v) is 6.55. The summed E-state index contributed by atoms with van der Waals surface area (Å²) in [6.07, 6.45) is 1.82. The van der Waals surface area contributed by atoms with E-state index in [1.54, 1.807) is 12.1 Å². The molecule has 1 aromatic rings. The normalized spacial score (nSPS) is 20.1. The van der Waals surface area contributed by atoms with Crippen LogP contribution in [0.3, 0.4) is 0 Å². The van der Waals surface area contributed by atoms with E-state index in [1.165, 1.54) is 0 Å². The number of rotatable bonds is 4. The Morgan fingerprint density at radius 3 is 2.25 bits per heavy atom.